The summed E-state index contributed by atoms with van der Waals surface area (Å²) in [6.45, 7) is 0.0940. The van der Waals surface area contributed by atoms with Crippen LogP contribution in [0.4, 0.5) is 15.8 Å². The van der Waals surface area contributed by atoms with E-state index in [-0.39, 0.29) is 18.3 Å². The Labute approximate surface area is 132 Å². The van der Waals surface area contributed by atoms with Crippen molar-refractivity contribution >= 4 is 49.1 Å². The molecule has 6 heteroatoms. The predicted octanol–water partition coefficient (Wildman–Crippen LogP) is 4.40. The van der Waals surface area contributed by atoms with Gasteiger partial charge in [0.2, 0.25) is 5.91 Å². The number of amides is 1. The van der Waals surface area contributed by atoms with E-state index in [1.807, 2.05) is 18.2 Å². The van der Waals surface area contributed by atoms with Crippen LogP contribution in [0.1, 0.15) is 0 Å². The van der Waals surface area contributed by atoms with Gasteiger partial charge in [-0.1, -0.05) is 22.0 Å². The molecule has 0 aliphatic carbocycles. The highest BCUT2D eigenvalue weighted by molar-refractivity contribution is 9.10. The van der Waals surface area contributed by atoms with Gasteiger partial charge in [0.15, 0.2) is 0 Å². The molecule has 0 saturated heterocycles. The lowest BCUT2D eigenvalue weighted by Gasteiger charge is -2.09. The lowest BCUT2D eigenvalue weighted by atomic mass is 10.3. The maximum absolute atomic E-state index is 12.9. The average molecular weight is 402 g/mol. The van der Waals surface area contributed by atoms with Crippen molar-refractivity contribution in [2.45, 2.75) is 0 Å². The van der Waals surface area contributed by atoms with Crippen molar-refractivity contribution in [3.05, 3.63) is 57.2 Å². The standard InChI is InChI=1S/C14H11Br2FN2O/c15-9-2-1-3-11(6-9)19-14(20)8-18-13-5-4-10(17)7-12(13)16/h1-7,18H,8H2,(H,19,20). The van der Waals surface area contributed by atoms with Crippen LogP contribution in [0.2, 0.25) is 0 Å². The summed E-state index contributed by atoms with van der Waals surface area (Å²) in [6.07, 6.45) is 0. The van der Waals surface area contributed by atoms with Crippen LogP contribution in [-0.2, 0) is 4.79 Å². The maximum Gasteiger partial charge on any atom is 0.243 e. The first-order chi connectivity index (χ1) is 9.54. The van der Waals surface area contributed by atoms with Crippen LogP contribution in [0.3, 0.4) is 0 Å². The molecule has 0 bridgehead atoms. The second-order valence-electron chi connectivity index (χ2n) is 4.04. The molecule has 1 amide bonds. The Bertz CT molecular complexity index is 634. The number of halogens is 3. The Balaban J connectivity index is 1.92. The normalized spacial score (nSPS) is 10.2. The minimum absolute atomic E-state index is 0.0940. The lowest BCUT2D eigenvalue weighted by Crippen LogP contribution is -2.21. The van der Waals surface area contributed by atoms with E-state index in [4.69, 9.17) is 0 Å². The van der Waals surface area contributed by atoms with Crippen molar-refractivity contribution < 1.29 is 9.18 Å². The van der Waals surface area contributed by atoms with Crippen molar-refractivity contribution in [1.29, 1.82) is 0 Å². The van der Waals surface area contributed by atoms with E-state index in [1.54, 1.807) is 12.1 Å². The molecule has 20 heavy (non-hydrogen) atoms. The van der Waals surface area contributed by atoms with Crippen LogP contribution in [0.25, 0.3) is 0 Å². The van der Waals surface area contributed by atoms with Gasteiger partial charge in [0.1, 0.15) is 5.82 Å². The third-order valence-electron chi connectivity index (χ3n) is 2.48. The summed E-state index contributed by atoms with van der Waals surface area (Å²) < 4.78 is 14.4. The quantitative estimate of drug-likeness (QED) is 0.797. The topological polar surface area (TPSA) is 41.1 Å². The minimum atomic E-state index is -0.332. The first-order valence-electron chi connectivity index (χ1n) is 5.79. The average Bonchev–Trinajstić information content (AvgIpc) is 2.37. The highest BCUT2D eigenvalue weighted by Gasteiger charge is 2.05. The van der Waals surface area contributed by atoms with Gasteiger partial charge in [0.25, 0.3) is 0 Å². The van der Waals surface area contributed by atoms with Crippen molar-refractivity contribution in [3.8, 4) is 0 Å². The molecule has 2 N–H and O–H groups in total. The molecule has 3 nitrogen and oxygen atoms in total. The number of hydrogen-bond donors (Lipinski definition) is 2. The smallest absolute Gasteiger partial charge is 0.243 e. The summed E-state index contributed by atoms with van der Waals surface area (Å²) in [5.74, 6) is -0.514. The van der Waals surface area contributed by atoms with Crippen molar-refractivity contribution in [2.75, 3.05) is 17.2 Å². The molecule has 0 aliphatic rings. The number of carbonyl (C=O) groups excluding carboxylic acids is 1. The second kappa shape index (κ2) is 6.85. The van der Waals surface area contributed by atoms with Gasteiger partial charge >= 0.3 is 0 Å². The number of benzene rings is 2. The molecule has 0 aromatic heterocycles. The lowest BCUT2D eigenvalue weighted by molar-refractivity contribution is -0.114. The van der Waals surface area contributed by atoms with Crippen LogP contribution in [0.15, 0.2) is 51.4 Å². The predicted molar refractivity (Wildman–Crippen MR) is 85.4 cm³/mol. The third kappa shape index (κ3) is 4.31. The molecule has 0 aliphatic heterocycles. The number of carbonyl (C=O) groups is 1. The molecule has 2 rings (SSSR count). The van der Waals surface area contributed by atoms with Gasteiger partial charge in [0, 0.05) is 20.3 Å². The van der Waals surface area contributed by atoms with E-state index in [2.05, 4.69) is 42.5 Å². The zero-order chi connectivity index (χ0) is 14.5. The Kier molecular flexibility index (Phi) is 5.14. The minimum Gasteiger partial charge on any atom is -0.375 e. The number of nitrogens with one attached hydrogen (secondary N) is 2. The third-order valence-corrected chi connectivity index (χ3v) is 3.63. The zero-order valence-corrected chi connectivity index (χ0v) is 13.5. The summed E-state index contributed by atoms with van der Waals surface area (Å²) in [4.78, 5) is 11.8. The number of anilines is 2. The largest absolute Gasteiger partial charge is 0.375 e. The summed E-state index contributed by atoms with van der Waals surface area (Å²) in [7, 11) is 0. The van der Waals surface area contributed by atoms with Crippen LogP contribution >= 0.6 is 31.9 Å². The highest BCUT2D eigenvalue weighted by atomic mass is 79.9. The van der Waals surface area contributed by atoms with Gasteiger partial charge in [-0.2, -0.15) is 0 Å². The van der Waals surface area contributed by atoms with Crippen LogP contribution in [0, 0.1) is 5.82 Å². The molecular formula is C14H11Br2FN2O. The Morgan fingerprint density at radius 2 is 1.95 bits per heavy atom. The molecule has 104 valence electrons. The fourth-order valence-corrected chi connectivity index (χ4v) is 2.47. The van der Waals surface area contributed by atoms with E-state index in [0.29, 0.717) is 15.8 Å². The van der Waals surface area contributed by atoms with Gasteiger partial charge in [-0.3, -0.25) is 4.79 Å². The molecule has 0 spiro atoms. The van der Waals surface area contributed by atoms with Crippen LogP contribution in [-0.4, -0.2) is 12.5 Å². The van der Waals surface area contributed by atoms with E-state index in [9.17, 15) is 9.18 Å². The molecule has 2 aromatic carbocycles. The fourth-order valence-electron chi connectivity index (χ4n) is 1.58. The van der Waals surface area contributed by atoms with Crippen molar-refractivity contribution in [3.63, 3.8) is 0 Å². The van der Waals surface area contributed by atoms with E-state index >= 15 is 0 Å². The zero-order valence-electron chi connectivity index (χ0n) is 10.3. The van der Waals surface area contributed by atoms with Crippen molar-refractivity contribution in [2.24, 2.45) is 0 Å². The SMILES string of the molecule is O=C(CNc1ccc(F)cc1Br)Nc1cccc(Br)c1. The van der Waals surface area contributed by atoms with Crippen LogP contribution in [0.5, 0.6) is 0 Å². The second-order valence-corrected chi connectivity index (χ2v) is 5.81. The summed E-state index contributed by atoms with van der Waals surface area (Å²) in [5, 5.41) is 5.70. The van der Waals surface area contributed by atoms with Crippen molar-refractivity contribution in [1.82, 2.24) is 0 Å². The van der Waals surface area contributed by atoms with Gasteiger partial charge in [-0.25, -0.2) is 4.39 Å². The first-order valence-corrected chi connectivity index (χ1v) is 7.37. The monoisotopic (exact) mass is 400 g/mol. The summed E-state index contributed by atoms with van der Waals surface area (Å²) in [5.41, 5.74) is 1.38. The highest BCUT2D eigenvalue weighted by Crippen LogP contribution is 2.22. The van der Waals surface area contributed by atoms with Crippen LogP contribution < -0.4 is 10.6 Å². The van der Waals surface area contributed by atoms with Gasteiger partial charge in [-0.05, 0) is 52.3 Å². The number of rotatable bonds is 4. The van der Waals surface area contributed by atoms with Gasteiger partial charge in [-0.15, -0.1) is 0 Å². The summed E-state index contributed by atoms with van der Waals surface area (Å²) >= 11 is 6.57. The Hall–Kier alpha value is -1.40. The Morgan fingerprint density at radius 3 is 2.65 bits per heavy atom. The van der Waals surface area contributed by atoms with Gasteiger partial charge < -0.3 is 10.6 Å². The molecule has 0 radical (unpaired) electrons. The number of hydrogen-bond acceptors (Lipinski definition) is 2. The summed E-state index contributed by atoms with van der Waals surface area (Å²) in [6, 6.07) is 11.6. The maximum atomic E-state index is 12.9. The van der Waals surface area contributed by atoms with E-state index in [1.165, 1.54) is 12.1 Å². The molecule has 2 aromatic rings. The molecular weight excluding hydrogens is 391 g/mol. The molecule has 0 unspecified atom stereocenters. The Morgan fingerprint density at radius 1 is 1.15 bits per heavy atom. The molecule has 0 atom stereocenters. The van der Waals surface area contributed by atoms with E-state index in [0.717, 1.165) is 4.47 Å². The molecule has 0 heterocycles. The fraction of sp³-hybridized carbons (Fsp3) is 0.0714. The molecule has 0 fully saturated rings. The van der Waals surface area contributed by atoms with E-state index < -0.39 is 0 Å². The van der Waals surface area contributed by atoms with Gasteiger partial charge in [0.05, 0.1) is 6.54 Å². The molecule has 0 saturated carbocycles. The first kappa shape index (κ1) is 15.0.